The van der Waals surface area contributed by atoms with Gasteiger partial charge in [0.1, 0.15) is 5.75 Å². The van der Waals surface area contributed by atoms with Gasteiger partial charge in [-0.1, -0.05) is 0 Å². The van der Waals surface area contributed by atoms with Gasteiger partial charge in [0.05, 0.1) is 29.4 Å². The first-order valence-electron chi connectivity index (χ1n) is 10.4. The Kier molecular flexibility index (Phi) is 7.46. The highest BCUT2D eigenvalue weighted by atomic mass is 32.2. The van der Waals surface area contributed by atoms with Crippen molar-refractivity contribution in [2.45, 2.75) is 43.2 Å². The monoisotopic (exact) mass is 488 g/mol. The highest BCUT2D eigenvalue weighted by molar-refractivity contribution is 7.91. The second kappa shape index (κ2) is 9.75. The minimum Gasteiger partial charge on any atom is -0.497 e. The van der Waals surface area contributed by atoms with E-state index in [4.69, 9.17) is 9.47 Å². The molecule has 1 aromatic carbocycles. The molecule has 32 heavy (non-hydrogen) atoms. The van der Waals surface area contributed by atoms with E-state index < -0.39 is 49.8 Å². The predicted molar refractivity (Wildman–Crippen MR) is 115 cm³/mol. The number of amides is 1. The van der Waals surface area contributed by atoms with Crippen molar-refractivity contribution in [1.29, 1.82) is 0 Å². The van der Waals surface area contributed by atoms with Crippen LogP contribution in [-0.2, 0) is 34.2 Å². The molecular weight excluding hydrogens is 460 g/mol. The van der Waals surface area contributed by atoms with Crippen molar-refractivity contribution in [3.8, 4) is 5.75 Å². The number of hydrogen-bond acceptors (Lipinski definition) is 8. The number of esters is 1. The fraction of sp³-hybridized carbons (Fsp3) is 0.600. The van der Waals surface area contributed by atoms with Crippen LogP contribution in [-0.4, -0.2) is 76.9 Å². The zero-order valence-corrected chi connectivity index (χ0v) is 19.7. The maximum absolute atomic E-state index is 12.8. The SMILES string of the molecule is COc1ccc(S(=O)(=O)N2CCC(C(=O)O[C@@H](C)C(=O)N[C@H]3CCS(=O)(=O)C3)CC2)cc1. The Hall–Kier alpha value is -2.18. The molecule has 1 amide bonds. The molecule has 2 aliphatic heterocycles. The summed E-state index contributed by atoms with van der Waals surface area (Å²) in [6.45, 7) is 1.75. The first kappa shape index (κ1) is 24.5. The van der Waals surface area contributed by atoms with Crippen molar-refractivity contribution in [3.63, 3.8) is 0 Å². The minimum absolute atomic E-state index is 0.0319. The number of benzene rings is 1. The highest BCUT2D eigenvalue weighted by Crippen LogP contribution is 2.26. The molecule has 0 saturated carbocycles. The number of methoxy groups -OCH3 is 1. The molecule has 0 aromatic heterocycles. The summed E-state index contributed by atoms with van der Waals surface area (Å²) in [5.74, 6) is -1.14. The average Bonchev–Trinajstić information content (AvgIpc) is 3.11. The number of piperidine rings is 1. The minimum atomic E-state index is -3.68. The van der Waals surface area contributed by atoms with Gasteiger partial charge >= 0.3 is 5.97 Å². The molecule has 0 radical (unpaired) electrons. The average molecular weight is 489 g/mol. The molecule has 0 bridgehead atoms. The van der Waals surface area contributed by atoms with Crippen molar-refractivity contribution >= 4 is 31.7 Å². The summed E-state index contributed by atoms with van der Waals surface area (Å²) in [7, 11) is -5.32. The van der Waals surface area contributed by atoms with Gasteiger partial charge in [-0.15, -0.1) is 0 Å². The van der Waals surface area contributed by atoms with Crippen LogP contribution in [0.1, 0.15) is 26.2 Å². The molecule has 0 unspecified atom stereocenters. The molecular formula is C20H28N2O8S2. The van der Waals surface area contributed by atoms with Gasteiger partial charge in [0.25, 0.3) is 5.91 Å². The number of nitrogens with one attached hydrogen (secondary N) is 1. The standard InChI is InChI=1S/C20H28N2O8S2/c1-14(19(23)21-16-9-12-31(25,26)13-16)30-20(24)15-7-10-22(11-8-15)32(27,28)18-5-3-17(29-2)4-6-18/h3-6,14-16H,7-13H2,1-2H3,(H,21,23)/t14-,16-/m0/s1. The fourth-order valence-corrected chi connectivity index (χ4v) is 6.92. The van der Waals surface area contributed by atoms with E-state index in [2.05, 4.69) is 5.32 Å². The summed E-state index contributed by atoms with van der Waals surface area (Å²) < 4.78 is 60.3. The second-order valence-corrected chi connectivity index (χ2v) is 12.2. The number of carbonyl (C=O) groups is 2. The predicted octanol–water partition coefficient (Wildman–Crippen LogP) is 0.331. The number of rotatable bonds is 7. The number of carbonyl (C=O) groups excluding carboxylic acids is 2. The second-order valence-electron chi connectivity index (χ2n) is 8.04. The molecule has 1 N–H and O–H groups in total. The molecule has 2 heterocycles. The number of sulfonamides is 1. The number of sulfone groups is 1. The van der Waals surface area contributed by atoms with Gasteiger partial charge in [-0.05, 0) is 50.5 Å². The summed E-state index contributed by atoms with van der Waals surface area (Å²) in [6, 6.07) is 5.63. The first-order chi connectivity index (χ1) is 15.0. The third-order valence-corrected chi connectivity index (χ3v) is 9.41. The lowest BCUT2D eigenvalue weighted by Gasteiger charge is -2.30. The zero-order valence-electron chi connectivity index (χ0n) is 18.0. The molecule has 10 nitrogen and oxygen atoms in total. The Bertz CT molecular complexity index is 1050. The summed E-state index contributed by atoms with van der Waals surface area (Å²) in [6.07, 6.45) is -0.158. The van der Waals surface area contributed by atoms with E-state index in [1.54, 1.807) is 12.1 Å². The molecule has 0 aliphatic carbocycles. The largest absolute Gasteiger partial charge is 0.497 e. The summed E-state index contributed by atoms with van der Waals surface area (Å²) in [4.78, 5) is 24.9. The van der Waals surface area contributed by atoms with Gasteiger partial charge in [0.2, 0.25) is 10.0 Å². The van der Waals surface area contributed by atoms with Gasteiger partial charge in [0.15, 0.2) is 15.9 Å². The Morgan fingerprint density at radius 1 is 1.12 bits per heavy atom. The number of ether oxygens (including phenoxy) is 2. The summed E-state index contributed by atoms with van der Waals surface area (Å²) in [5, 5.41) is 2.60. The van der Waals surface area contributed by atoms with E-state index in [0.717, 1.165) is 0 Å². The normalized spacial score (nSPS) is 22.8. The molecule has 2 saturated heterocycles. The summed E-state index contributed by atoms with van der Waals surface area (Å²) in [5.41, 5.74) is 0. The lowest BCUT2D eigenvalue weighted by atomic mass is 9.98. The Morgan fingerprint density at radius 2 is 1.75 bits per heavy atom. The van der Waals surface area contributed by atoms with Crippen LogP contribution in [0.25, 0.3) is 0 Å². The zero-order chi connectivity index (χ0) is 23.5. The summed E-state index contributed by atoms with van der Waals surface area (Å²) >= 11 is 0. The van der Waals surface area contributed by atoms with Crippen molar-refractivity contribution < 1.29 is 35.9 Å². The van der Waals surface area contributed by atoms with E-state index in [9.17, 15) is 26.4 Å². The first-order valence-corrected chi connectivity index (χ1v) is 13.6. The van der Waals surface area contributed by atoms with Crippen LogP contribution < -0.4 is 10.1 Å². The maximum atomic E-state index is 12.8. The molecule has 2 fully saturated rings. The van der Waals surface area contributed by atoms with Gasteiger partial charge in [0, 0.05) is 19.1 Å². The van der Waals surface area contributed by atoms with Gasteiger partial charge < -0.3 is 14.8 Å². The maximum Gasteiger partial charge on any atom is 0.309 e. The quantitative estimate of drug-likeness (QED) is 0.543. The van der Waals surface area contributed by atoms with Crippen molar-refractivity contribution in [2.75, 3.05) is 31.7 Å². The molecule has 3 rings (SSSR count). The molecule has 12 heteroatoms. The van der Waals surface area contributed by atoms with Gasteiger partial charge in [-0.2, -0.15) is 4.31 Å². The van der Waals surface area contributed by atoms with Gasteiger partial charge in [-0.25, -0.2) is 16.8 Å². The van der Waals surface area contributed by atoms with Crippen LogP contribution >= 0.6 is 0 Å². The van der Waals surface area contributed by atoms with E-state index in [1.807, 2.05) is 0 Å². The molecule has 178 valence electrons. The van der Waals surface area contributed by atoms with Crippen molar-refractivity contribution in [1.82, 2.24) is 9.62 Å². The van der Waals surface area contributed by atoms with Crippen LogP contribution in [0.3, 0.4) is 0 Å². The fourth-order valence-electron chi connectivity index (χ4n) is 3.78. The highest BCUT2D eigenvalue weighted by Gasteiger charge is 2.35. The third kappa shape index (κ3) is 5.78. The smallest absolute Gasteiger partial charge is 0.309 e. The molecule has 0 spiro atoms. The van der Waals surface area contributed by atoms with E-state index in [0.29, 0.717) is 12.2 Å². The van der Waals surface area contributed by atoms with E-state index in [-0.39, 0.29) is 42.3 Å². The van der Waals surface area contributed by atoms with Gasteiger partial charge in [-0.3, -0.25) is 9.59 Å². The van der Waals surface area contributed by atoms with Crippen LogP contribution in [0.2, 0.25) is 0 Å². The molecule has 2 atom stereocenters. The van der Waals surface area contributed by atoms with E-state index >= 15 is 0 Å². The molecule has 2 aliphatic rings. The number of hydrogen-bond donors (Lipinski definition) is 1. The lowest BCUT2D eigenvalue weighted by Crippen LogP contribution is -2.44. The van der Waals surface area contributed by atoms with Crippen molar-refractivity contribution in [3.05, 3.63) is 24.3 Å². The van der Waals surface area contributed by atoms with E-state index in [1.165, 1.54) is 30.5 Å². The van der Waals surface area contributed by atoms with Crippen LogP contribution in [0.5, 0.6) is 5.75 Å². The van der Waals surface area contributed by atoms with Crippen LogP contribution in [0, 0.1) is 5.92 Å². The topological polar surface area (TPSA) is 136 Å². The molecule has 1 aromatic rings. The Labute approximate surface area is 188 Å². The van der Waals surface area contributed by atoms with Crippen molar-refractivity contribution in [2.24, 2.45) is 5.92 Å². The lowest BCUT2D eigenvalue weighted by molar-refractivity contribution is -0.160. The third-order valence-electron chi connectivity index (χ3n) is 5.73. The van der Waals surface area contributed by atoms with Crippen LogP contribution in [0.15, 0.2) is 29.2 Å². The Balaban J connectivity index is 1.49. The number of nitrogens with zero attached hydrogens (tertiary/aromatic N) is 1. The Morgan fingerprint density at radius 3 is 2.28 bits per heavy atom. The van der Waals surface area contributed by atoms with Crippen LogP contribution in [0.4, 0.5) is 0 Å².